The van der Waals surface area contributed by atoms with Gasteiger partial charge in [0.15, 0.2) is 0 Å². The van der Waals surface area contributed by atoms with E-state index in [1.54, 1.807) is 6.20 Å². The van der Waals surface area contributed by atoms with Crippen LogP contribution in [-0.4, -0.2) is 59.0 Å². The number of hydrogen-bond acceptors (Lipinski definition) is 6. The van der Waals surface area contributed by atoms with Gasteiger partial charge in [-0.05, 0) is 64.0 Å². The van der Waals surface area contributed by atoms with Crippen LogP contribution in [0.15, 0.2) is 73.1 Å². The number of halogens is 1. The second-order valence-electron chi connectivity index (χ2n) is 10.5. The minimum Gasteiger partial charge on any atom is -0.360 e. The molecule has 2 heterocycles. The number of carbonyl (C=O) groups excluding carboxylic acids is 1. The van der Waals surface area contributed by atoms with E-state index in [1.165, 1.54) is 0 Å². The number of amides is 1. The minimum atomic E-state index is 0.0253. The van der Waals surface area contributed by atoms with Crippen molar-refractivity contribution >= 4 is 45.7 Å². The number of fused-ring (bicyclic) bond motifs is 1. The van der Waals surface area contributed by atoms with Crippen molar-refractivity contribution < 1.29 is 4.79 Å². The van der Waals surface area contributed by atoms with Crippen LogP contribution in [-0.2, 0) is 4.79 Å². The van der Waals surface area contributed by atoms with Crippen molar-refractivity contribution in [3.8, 4) is 11.3 Å². The molecular formula is C31H36ClN7O. The second kappa shape index (κ2) is 13.1. The minimum absolute atomic E-state index is 0.0253. The van der Waals surface area contributed by atoms with E-state index >= 15 is 0 Å². The second-order valence-corrected chi connectivity index (χ2v) is 10.9. The Hall–Kier alpha value is -3.72. The fourth-order valence-corrected chi connectivity index (χ4v) is 5.29. The van der Waals surface area contributed by atoms with Gasteiger partial charge in [0.25, 0.3) is 0 Å². The summed E-state index contributed by atoms with van der Waals surface area (Å²) in [5, 5.41) is 11.5. The van der Waals surface area contributed by atoms with Crippen molar-refractivity contribution in [2.75, 3.05) is 37.8 Å². The topological polar surface area (TPSA) is 98.0 Å². The number of para-hydroxylation sites is 1. The SMILES string of the molecule is CN(C)C/C=C/CN[C@H]1CC[C@@H](C(=O)Nc2cccc(Nc3ncc(Cl)c(-c4c[nH]c5ccccc45)n3)c2)CC1. The molecule has 1 aliphatic rings. The summed E-state index contributed by atoms with van der Waals surface area (Å²) in [7, 11) is 4.12. The molecule has 4 aromatic rings. The van der Waals surface area contributed by atoms with E-state index in [1.807, 2.05) is 54.7 Å². The van der Waals surface area contributed by atoms with Gasteiger partial charge in [-0.15, -0.1) is 0 Å². The Labute approximate surface area is 240 Å². The van der Waals surface area contributed by atoms with E-state index < -0.39 is 0 Å². The van der Waals surface area contributed by atoms with Crippen molar-refractivity contribution in [3.63, 3.8) is 0 Å². The smallest absolute Gasteiger partial charge is 0.227 e. The van der Waals surface area contributed by atoms with Gasteiger partial charge in [0.2, 0.25) is 11.9 Å². The predicted molar refractivity (Wildman–Crippen MR) is 164 cm³/mol. The van der Waals surface area contributed by atoms with Crippen molar-refractivity contribution in [3.05, 3.63) is 78.1 Å². The van der Waals surface area contributed by atoms with E-state index in [4.69, 9.17) is 16.6 Å². The number of aromatic amines is 1. The van der Waals surface area contributed by atoms with Gasteiger partial charge in [-0.2, -0.15) is 0 Å². The van der Waals surface area contributed by atoms with Gasteiger partial charge in [-0.3, -0.25) is 4.79 Å². The average Bonchev–Trinajstić information content (AvgIpc) is 3.38. The fraction of sp³-hybridized carbons (Fsp3) is 0.323. The molecule has 8 nitrogen and oxygen atoms in total. The van der Waals surface area contributed by atoms with Crippen LogP contribution in [0.5, 0.6) is 0 Å². The van der Waals surface area contributed by atoms with Crippen LogP contribution in [0.25, 0.3) is 22.2 Å². The summed E-state index contributed by atoms with van der Waals surface area (Å²) in [6, 6.07) is 16.1. The highest BCUT2D eigenvalue weighted by Gasteiger charge is 2.26. The molecule has 0 atom stereocenters. The molecule has 1 aliphatic carbocycles. The summed E-state index contributed by atoms with van der Waals surface area (Å²) in [4.78, 5) is 27.5. The molecule has 0 radical (unpaired) electrons. The van der Waals surface area contributed by atoms with Crippen LogP contribution in [0, 0.1) is 5.92 Å². The molecule has 5 rings (SSSR count). The number of aromatic nitrogens is 3. The van der Waals surface area contributed by atoms with Gasteiger partial charge in [0.05, 0.1) is 16.9 Å². The lowest BCUT2D eigenvalue weighted by molar-refractivity contribution is -0.120. The summed E-state index contributed by atoms with van der Waals surface area (Å²) in [5.74, 6) is 0.527. The molecule has 0 saturated heterocycles. The maximum atomic E-state index is 13.0. The number of nitrogens with one attached hydrogen (secondary N) is 4. The van der Waals surface area contributed by atoms with Crippen molar-refractivity contribution in [2.45, 2.75) is 31.7 Å². The summed E-state index contributed by atoms with van der Waals surface area (Å²) in [5.41, 5.74) is 4.10. The standard InChI is InChI=1S/C31H36ClN7O/c1-39(2)17-6-5-16-33-22-14-12-21(13-15-22)30(40)36-23-8-7-9-24(18-23)37-31-35-20-27(32)29(38-31)26-19-34-28-11-4-3-10-25(26)28/h3-11,18-22,33-34H,12-17H2,1-2H3,(H,36,40)(H,35,37,38)/b6-5+/t21-,22+. The highest BCUT2D eigenvalue weighted by Crippen LogP contribution is 2.33. The van der Waals surface area contributed by atoms with E-state index in [-0.39, 0.29) is 11.8 Å². The summed E-state index contributed by atoms with van der Waals surface area (Å²) < 4.78 is 0. The Morgan fingerprint density at radius 3 is 2.70 bits per heavy atom. The lowest BCUT2D eigenvalue weighted by Crippen LogP contribution is -2.36. The highest BCUT2D eigenvalue weighted by atomic mass is 35.5. The van der Waals surface area contributed by atoms with E-state index in [0.29, 0.717) is 22.7 Å². The normalized spacial score (nSPS) is 17.5. The molecule has 0 unspecified atom stereocenters. The monoisotopic (exact) mass is 557 g/mol. The molecule has 208 valence electrons. The van der Waals surface area contributed by atoms with Gasteiger partial charge in [0, 0.05) is 59.1 Å². The summed E-state index contributed by atoms with van der Waals surface area (Å²) in [6.07, 6.45) is 11.7. The van der Waals surface area contributed by atoms with Crippen LogP contribution < -0.4 is 16.0 Å². The van der Waals surface area contributed by atoms with Crippen LogP contribution in [0.3, 0.4) is 0 Å². The number of rotatable bonds is 10. The number of nitrogens with zero attached hydrogens (tertiary/aromatic N) is 3. The van der Waals surface area contributed by atoms with E-state index in [9.17, 15) is 4.79 Å². The number of H-pyrrole nitrogens is 1. The van der Waals surface area contributed by atoms with Gasteiger partial charge in [-0.1, -0.05) is 48.0 Å². The third kappa shape index (κ3) is 7.07. The number of hydrogen-bond donors (Lipinski definition) is 4. The molecule has 2 aromatic heterocycles. The number of carbonyl (C=O) groups is 1. The maximum Gasteiger partial charge on any atom is 0.227 e. The Kier molecular flexibility index (Phi) is 9.11. The van der Waals surface area contributed by atoms with Crippen molar-refractivity contribution in [1.29, 1.82) is 0 Å². The molecule has 40 heavy (non-hydrogen) atoms. The highest BCUT2D eigenvalue weighted by molar-refractivity contribution is 6.33. The first-order valence-electron chi connectivity index (χ1n) is 13.8. The number of anilines is 3. The molecular weight excluding hydrogens is 522 g/mol. The first-order valence-corrected chi connectivity index (χ1v) is 14.1. The first kappa shape index (κ1) is 27.8. The number of benzene rings is 2. The molecule has 1 amide bonds. The molecule has 0 aliphatic heterocycles. The lowest BCUT2D eigenvalue weighted by atomic mass is 9.85. The molecule has 0 bridgehead atoms. The zero-order chi connectivity index (χ0) is 27.9. The van der Waals surface area contributed by atoms with Crippen LogP contribution in [0.1, 0.15) is 25.7 Å². The third-order valence-corrected chi connectivity index (χ3v) is 7.51. The Balaban J connectivity index is 1.17. The molecule has 2 aromatic carbocycles. The molecule has 1 saturated carbocycles. The van der Waals surface area contributed by atoms with Crippen LogP contribution >= 0.6 is 11.6 Å². The zero-order valence-electron chi connectivity index (χ0n) is 23.0. The molecule has 4 N–H and O–H groups in total. The van der Waals surface area contributed by atoms with E-state index in [2.05, 4.69) is 57.1 Å². The van der Waals surface area contributed by atoms with Gasteiger partial charge in [0.1, 0.15) is 0 Å². The van der Waals surface area contributed by atoms with Crippen molar-refractivity contribution in [2.24, 2.45) is 5.92 Å². The van der Waals surface area contributed by atoms with Gasteiger partial charge in [-0.25, -0.2) is 9.97 Å². The largest absolute Gasteiger partial charge is 0.360 e. The molecule has 1 fully saturated rings. The molecule has 9 heteroatoms. The lowest BCUT2D eigenvalue weighted by Gasteiger charge is -2.28. The van der Waals surface area contributed by atoms with Crippen LogP contribution in [0.4, 0.5) is 17.3 Å². The number of likely N-dealkylation sites (N-methyl/N-ethyl adjacent to an activating group) is 1. The zero-order valence-corrected chi connectivity index (χ0v) is 23.7. The van der Waals surface area contributed by atoms with Gasteiger partial charge < -0.3 is 25.8 Å². The summed E-state index contributed by atoms with van der Waals surface area (Å²) >= 11 is 6.48. The molecule has 0 spiro atoms. The van der Waals surface area contributed by atoms with Crippen molar-refractivity contribution in [1.82, 2.24) is 25.2 Å². The summed E-state index contributed by atoms with van der Waals surface area (Å²) in [6.45, 7) is 1.82. The van der Waals surface area contributed by atoms with E-state index in [0.717, 1.165) is 66.6 Å². The van der Waals surface area contributed by atoms with Crippen LogP contribution in [0.2, 0.25) is 5.02 Å². The first-order chi connectivity index (χ1) is 19.5. The van der Waals surface area contributed by atoms with Gasteiger partial charge >= 0.3 is 0 Å². The average molecular weight is 558 g/mol. The third-order valence-electron chi connectivity index (χ3n) is 7.23. The Morgan fingerprint density at radius 1 is 1.07 bits per heavy atom. The maximum absolute atomic E-state index is 13.0. The quantitative estimate of drug-likeness (QED) is 0.173. The Morgan fingerprint density at radius 2 is 1.88 bits per heavy atom. The fourth-order valence-electron chi connectivity index (χ4n) is 5.09. The predicted octanol–water partition coefficient (Wildman–Crippen LogP) is 6.23. The Bertz CT molecular complexity index is 1470.